The van der Waals surface area contributed by atoms with E-state index in [4.69, 9.17) is 12.2 Å². The normalized spacial score (nSPS) is 10.1. The molecule has 0 amide bonds. The summed E-state index contributed by atoms with van der Waals surface area (Å²) in [5.41, 5.74) is 3.72. The molecule has 0 unspecified atom stereocenters. The van der Waals surface area contributed by atoms with Crippen LogP contribution in [-0.4, -0.2) is 11.7 Å². The van der Waals surface area contributed by atoms with Crippen molar-refractivity contribution < 1.29 is 0 Å². The van der Waals surface area contributed by atoms with Gasteiger partial charge in [-0.25, -0.2) is 0 Å². The number of hydrogen-bond donors (Lipinski definition) is 2. The maximum Gasteiger partial charge on any atom is 0.170 e. The first-order valence-electron chi connectivity index (χ1n) is 7.45. The Labute approximate surface area is 132 Å². The minimum Gasteiger partial charge on any atom is -0.362 e. The Hall–Kier alpha value is -1.87. The molecule has 0 spiro atoms. The fourth-order valence-corrected chi connectivity index (χ4v) is 2.40. The van der Waals surface area contributed by atoms with E-state index in [-0.39, 0.29) is 0 Å². The molecule has 2 N–H and O–H groups in total. The van der Waals surface area contributed by atoms with Gasteiger partial charge in [0, 0.05) is 12.2 Å². The van der Waals surface area contributed by atoms with E-state index in [1.165, 1.54) is 17.5 Å². The van der Waals surface area contributed by atoms with Gasteiger partial charge in [-0.3, -0.25) is 0 Å². The van der Waals surface area contributed by atoms with Crippen LogP contribution in [0.25, 0.3) is 0 Å². The van der Waals surface area contributed by atoms with E-state index in [0.717, 1.165) is 25.1 Å². The molecular formula is C18H22N2S. The van der Waals surface area contributed by atoms with Crippen LogP contribution in [0.5, 0.6) is 0 Å². The lowest BCUT2D eigenvalue weighted by Gasteiger charge is -2.11. The molecule has 2 rings (SSSR count). The van der Waals surface area contributed by atoms with Crippen molar-refractivity contribution in [2.24, 2.45) is 0 Å². The number of benzene rings is 2. The van der Waals surface area contributed by atoms with E-state index < -0.39 is 0 Å². The summed E-state index contributed by atoms with van der Waals surface area (Å²) in [5.74, 6) is 0. The van der Waals surface area contributed by atoms with Gasteiger partial charge in [0.05, 0.1) is 0 Å². The zero-order valence-electron chi connectivity index (χ0n) is 12.4. The highest BCUT2D eigenvalue weighted by molar-refractivity contribution is 7.80. The quantitative estimate of drug-likeness (QED) is 0.783. The van der Waals surface area contributed by atoms with Crippen LogP contribution < -0.4 is 10.6 Å². The zero-order chi connectivity index (χ0) is 14.9. The Kier molecular flexibility index (Phi) is 6.22. The standard InChI is InChI=1S/C18H22N2S/c1-2-6-15-9-11-17(12-10-15)20-18(21)19-14-13-16-7-4-3-5-8-16/h3-5,7-12H,2,6,13-14H2,1H3,(H2,19,20,21). The van der Waals surface area contributed by atoms with E-state index >= 15 is 0 Å². The van der Waals surface area contributed by atoms with Crippen molar-refractivity contribution in [1.29, 1.82) is 0 Å². The predicted octanol–water partition coefficient (Wildman–Crippen LogP) is 4.17. The second-order valence-corrected chi connectivity index (χ2v) is 5.47. The topological polar surface area (TPSA) is 24.1 Å². The third-order valence-electron chi connectivity index (χ3n) is 3.29. The second-order valence-electron chi connectivity index (χ2n) is 5.06. The van der Waals surface area contributed by atoms with Gasteiger partial charge in [0.2, 0.25) is 0 Å². The van der Waals surface area contributed by atoms with Crippen LogP contribution >= 0.6 is 12.2 Å². The second kappa shape index (κ2) is 8.42. The molecule has 0 radical (unpaired) electrons. The highest BCUT2D eigenvalue weighted by Crippen LogP contribution is 2.10. The average Bonchev–Trinajstić information content (AvgIpc) is 2.51. The lowest BCUT2D eigenvalue weighted by atomic mass is 10.1. The third kappa shape index (κ3) is 5.56. The Balaban J connectivity index is 1.74. The van der Waals surface area contributed by atoms with Gasteiger partial charge in [0.1, 0.15) is 0 Å². The van der Waals surface area contributed by atoms with Crippen LogP contribution in [0, 0.1) is 0 Å². The number of nitrogens with one attached hydrogen (secondary N) is 2. The Morgan fingerprint density at radius 1 is 0.905 bits per heavy atom. The number of anilines is 1. The van der Waals surface area contributed by atoms with E-state index in [2.05, 4.69) is 66.1 Å². The van der Waals surface area contributed by atoms with Gasteiger partial charge in [-0.15, -0.1) is 0 Å². The molecule has 0 fully saturated rings. The summed E-state index contributed by atoms with van der Waals surface area (Å²) in [6, 6.07) is 18.9. The summed E-state index contributed by atoms with van der Waals surface area (Å²) in [6.45, 7) is 3.03. The molecule has 0 atom stereocenters. The van der Waals surface area contributed by atoms with Crippen molar-refractivity contribution in [2.75, 3.05) is 11.9 Å². The molecule has 0 aromatic heterocycles. The number of hydrogen-bond acceptors (Lipinski definition) is 1. The van der Waals surface area contributed by atoms with E-state index in [1.54, 1.807) is 0 Å². The Bertz CT molecular complexity index is 549. The highest BCUT2D eigenvalue weighted by atomic mass is 32.1. The number of rotatable bonds is 6. The van der Waals surface area contributed by atoms with Gasteiger partial charge in [-0.2, -0.15) is 0 Å². The zero-order valence-corrected chi connectivity index (χ0v) is 13.2. The molecule has 2 nitrogen and oxygen atoms in total. The van der Waals surface area contributed by atoms with Crippen molar-refractivity contribution >= 4 is 23.0 Å². The highest BCUT2D eigenvalue weighted by Gasteiger charge is 1.98. The summed E-state index contributed by atoms with van der Waals surface area (Å²) < 4.78 is 0. The molecule has 0 saturated heterocycles. The van der Waals surface area contributed by atoms with Crippen LogP contribution in [-0.2, 0) is 12.8 Å². The molecule has 21 heavy (non-hydrogen) atoms. The molecule has 2 aromatic rings. The summed E-state index contributed by atoms with van der Waals surface area (Å²) in [7, 11) is 0. The Morgan fingerprint density at radius 3 is 2.24 bits per heavy atom. The van der Waals surface area contributed by atoms with Gasteiger partial charge in [0.15, 0.2) is 5.11 Å². The largest absolute Gasteiger partial charge is 0.362 e. The smallest absolute Gasteiger partial charge is 0.170 e. The molecule has 0 heterocycles. The SMILES string of the molecule is CCCc1ccc(NC(=S)NCCc2ccccc2)cc1. The summed E-state index contributed by atoms with van der Waals surface area (Å²) in [4.78, 5) is 0. The van der Waals surface area contributed by atoms with Crippen LogP contribution in [0.2, 0.25) is 0 Å². The lowest BCUT2D eigenvalue weighted by Crippen LogP contribution is -2.30. The minimum absolute atomic E-state index is 0.675. The first-order chi connectivity index (χ1) is 10.3. The van der Waals surface area contributed by atoms with Gasteiger partial charge in [-0.1, -0.05) is 55.8 Å². The van der Waals surface area contributed by atoms with Crippen molar-refractivity contribution in [1.82, 2.24) is 5.32 Å². The maximum atomic E-state index is 5.31. The molecule has 0 aliphatic rings. The summed E-state index contributed by atoms with van der Waals surface area (Å²) in [5, 5.41) is 7.13. The summed E-state index contributed by atoms with van der Waals surface area (Å²) in [6.07, 6.45) is 3.27. The fraction of sp³-hybridized carbons (Fsp3) is 0.278. The molecule has 110 valence electrons. The molecule has 0 aliphatic heterocycles. The summed E-state index contributed by atoms with van der Waals surface area (Å²) >= 11 is 5.31. The van der Waals surface area contributed by atoms with Crippen molar-refractivity contribution in [3.05, 3.63) is 65.7 Å². The Morgan fingerprint density at radius 2 is 1.57 bits per heavy atom. The van der Waals surface area contributed by atoms with E-state index in [9.17, 15) is 0 Å². The molecule has 0 aliphatic carbocycles. The molecule has 3 heteroatoms. The average molecular weight is 298 g/mol. The van der Waals surface area contributed by atoms with Crippen LogP contribution in [0.4, 0.5) is 5.69 Å². The number of thiocarbonyl (C=S) groups is 1. The van der Waals surface area contributed by atoms with Crippen LogP contribution in [0.1, 0.15) is 24.5 Å². The van der Waals surface area contributed by atoms with Gasteiger partial charge < -0.3 is 10.6 Å². The van der Waals surface area contributed by atoms with Crippen molar-refractivity contribution in [2.45, 2.75) is 26.2 Å². The van der Waals surface area contributed by atoms with Crippen LogP contribution in [0.15, 0.2) is 54.6 Å². The minimum atomic E-state index is 0.675. The third-order valence-corrected chi connectivity index (χ3v) is 3.54. The van der Waals surface area contributed by atoms with Gasteiger partial charge >= 0.3 is 0 Å². The predicted molar refractivity (Wildman–Crippen MR) is 94.8 cm³/mol. The maximum absolute atomic E-state index is 5.31. The van der Waals surface area contributed by atoms with E-state index in [0.29, 0.717) is 5.11 Å². The van der Waals surface area contributed by atoms with Gasteiger partial charge in [-0.05, 0) is 48.3 Å². The van der Waals surface area contributed by atoms with E-state index in [1.807, 2.05) is 6.07 Å². The van der Waals surface area contributed by atoms with Gasteiger partial charge in [0.25, 0.3) is 0 Å². The first kappa shape index (κ1) is 15.5. The molecule has 0 saturated carbocycles. The first-order valence-corrected chi connectivity index (χ1v) is 7.86. The monoisotopic (exact) mass is 298 g/mol. The van der Waals surface area contributed by atoms with Crippen molar-refractivity contribution in [3.63, 3.8) is 0 Å². The number of aryl methyl sites for hydroxylation is 1. The van der Waals surface area contributed by atoms with Crippen molar-refractivity contribution in [3.8, 4) is 0 Å². The molecule has 2 aromatic carbocycles. The molecule has 0 bridgehead atoms. The fourth-order valence-electron chi connectivity index (χ4n) is 2.18. The molecular weight excluding hydrogens is 276 g/mol. The lowest BCUT2D eigenvalue weighted by molar-refractivity contribution is 0.873. The van der Waals surface area contributed by atoms with Crippen LogP contribution in [0.3, 0.4) is 0 Å².